The fourth-order valence-corrected chi connectivity index (χ4v) is 2.94. The maximum atomic E-state index is 6.01. The number of hydrogen-bond donors (Lipinski definition) is 0. The van der Waals surface area contributed by atoms with Crippen molar-refractivity contribution in [2.24, 2.45) is 0 Å². The molecule has 0 saturated carbocycles. The lowest BCUT2D eigenvalue weighted by atomic mass is 9.82. The summed E-state index contributed by atoms with van der Waals surface area (Å²) >= 11 is 0. The second-order valence-electron chi connectivity index (χ2n) is 7.54. The summed E-state index contributed by atoms with van der Waals surface area (Å²) in [5, 5.41) is 2.46. The van der Waals surface area contributed by atoms with E-state index in [-0.39, 0.29) is 18.3 Å². The van der Waals surface area contributed by atoms with Crippen LogP contribution in [0, 0.1) is 0 Å². The third-order valence-electron chi connectivity index (χ3n) is 5.13. The minimum absolute atomic E-state index is 0.101. The van der Waals surface area contributed by atoms with Gasteiger partial charge in [0.05, 0.1) is 17.8 Å². The van der Waals surface area contributed by atoms with E-state index in [4.69, 9.17) is 14.0 Å². The Labute approximate surface area is 145 Å². The lowest BCUT2D eigenvalue weighted by Gasteiger charge is -2.32. The maximum Gasteiger partial charge on any atom is 0.457 e. The highest BCUT2D eigenvalue weighted by molar-refractivity contribution is 6.45. The predicted octanol–water partition coefficient (Wildman–Crippen LogP) is 5.09. The van der Waals surface area contributed by atoms with Crippen LogP contribution in [0.5, 0.6) is 5.75 Å². The van der Waals surface area contributed by atoms with Crippen LogP contribution in [0.15, 0.2) is 42.5 Å². The van der Waals surface area contributed by atoms with Crippen LogP contribution >= 0.6 is 0 Å². The Bertz CT molecular complexity index is 680. The van der Waals surface area contributed by atoms with Crippen molar-refractivity contribution in [3.05, 3.63) is 42.5 Å². The highest BCUT2D eigenvalue weighted by Gasteiger charge is 2.50. The van der Waals surface area contributed by atoms with Crippen molar-refractivity contribution in [1.29, 1.82) is 0 Å². The molecule has 1 aliphatic heterocycles. The molecule has 2 aromatic carbocycles. The Morgan fingerprint density at radius 3 is 2.25 bits per heavy atom. The molecule has 2 aromatic rings. The molecule has 0 unspecified atom stereocenters. The molecule has 0 atom stereocenters. The first-order valence-electron chi connectivity index (χ1n) is 8.85. The highest BCUT2D eigenvalue weighted by Crippen LogP contribution is 2.38. The molecule has 128 valence electrons. The van der Waals surface area contributed by atoms with Crippen molar-refractivity contribution in [2.75, 3.05) is 6.61 Å². The number of hydrogen-bond acceptors (Lipinski definition) is 3. The molecule has 0 aliphatic carbocycles. The monoisotopic (exact) mass is 326 g/mol. The molecule has 0 radical (unpaired) electrons. The Kier molecular flexibility index (Phi) is 4.89. The first-order valence-corrected chi connectivity index (χ1v) is 8.85. The van der Waals surface area contributed by atoms with Gasteiger partial charge in [0, 0.05) is 0 Å². The van der Waals surface area contributed by atoms with E-state index in [9.17, 15) is 0 Å². The fourth-order valence-electron chi connectivity index (χ4n) is 2.94. The second kappa shape index (κ2) is 6.77. The van der Waals surface area contributed by atoms with Crippen LogP contribution in [0.3, 0.4) is 0 Å². The molecule has 3 rings (SSSR count). The molecule has 1 fully saturated rings. The molecular weight excluding hydrogens is 299 g/mol. The van der Waals surface area contributed by atoms with Crippen molar-refractivity contribution in [2.45, 2.75) is 58.1 Å². The van der Waals surface area contributed by atoms with Crippen LogP contribution in [-0.2, 0) is 9.31 Å². The normalized spacial score (nSPS) is 18.9. The van der Waals surface area contributed by atoms with Crippen molar-refractivity contribution in [3.63, 3.8) is 0 Å². The zero-order valence-electron chi connectivity index (χ0n) is 15.2. The molecule has 0 spiro atoms. The topological polar surface area (TPSA) is 27.7 Å². The SMILES string of the molecule is CC1(C)OB(CCCCOc2ccc3ccccc3c2)OC1(C)C. The molecule has 0 amide bonds. The van der Waals surface area contributed by atoms with Crippen LogP contribution in [0.2, 0.25) is 6.32 Å². The van der Waals surface area contributed by atoms with Crippen LogP contribution in [0.1, 0.15) is 40.5 Å². The van der Waals surface area contributed by atoms with Gasteiger partial charge in [-0.05, 0) is 63.3 Å². The standard InChI is InChI=1S/C20H27BO3/c1-19(2)20(3,4)24-21(23-19)13-7-8-14-22-18-12-11-16-9-5-6-10-17(16)15-18/h5-6,9-12,15H,7-8,13-14H2,1-4H3. The van der Waals surface area contributed by atoms with E-state index in [2.05, 4.69) is 64.1 Å². The summed E-state index contributed by atoms with van der Waals surface area (Å²) in [5.41, 5.74) is -0.474. The number of ether oxygens (including phenoxy) is 1. The summed E-state index contributed by atoms with van der Waals surface area (Å²) in [5.74, 6) is 0.935. The Morgan fingerprint density at radius 2 is 1.54 bits per heavy atom. The largest absolute Gasteiger partial charge is 0.494 e. The molecule has 1 saturated heterocycles. The van der Waals surface area contributed by atoms with Gasteiger partial charge in [0.2, 0.25) is 0 Å². The van der Waals surface area contributed by atoms with Crippen molar-refractivity contribution in [1.82, 2.24) is 0 Å². The summed E-state index contributed by atoms with van der Waals surface area (Å²) in [6, 6.07) is 14.6. The third kappa shape index (κ3) is 3.76. The summed E-state index contributed by atoms with van der Waals surface area (Å²) in [7, 11) is -0.101. The number of fused-ring (bicyclic) bond motifs is 1. The molecule has 24 heavy (non-hydrogen) atoms. The predicted molar refractivity (Wildman–Crippen MR) is 99.6 cm³/mol. The van der Waals surface area contributed by atoms with Gasteiger partial charge in [-0.15, -0.1) is 0 Å². The van der Waals surface area contributed by atoms with Gasteiger partial charge in [0.15, 0.2) is 0 Å². The molecule has 1 aliphatic rings. The summed E-state index contributed by atoms with van der Waals surface area (Å²) in [6.45, 7) is 9.09. The number of rotatable bonds is 6. The van der Waals surface area contributed by atoms with E-state index in [1.165, 1.54) is 10.8 Å². The van der Waals surface area contributed by atoms with E-state index < -0.39 is 0 Å². The first-order chi connectivity index (χ1) is 11.4. The van der Waals surface area contributed by atoms with Gasteiger partial charge in [-0.25, -0.2) is 0 Å². The van der Waals surface area contributed by atoms with Crippen LogP contribution in [0.4, 0.5) is 0 Å². The lowest BCUT2D eigenvalue weighted by molar-refractivity contribution is 0.00578. The fraction of sp³-hybridized carbons (Fsp3) is 0.500. The zero-order valence-corrected chi connectivity index (χ0v) is 15.2. The van der Waals surface area contributed by atoms with Gasteiger partial charge in [-0.3, -0.25) is 0 Å². The average Bonchev–Trinajstić information content (AvgIpc) is 2.74. The van der Waals surface area contributed by atoms with Gasteiger partial charge in [0.1, 0.15) is 5.75 Å². The molecule has 3 nitrogen and oxygen atoms in total. The molecular formula is C20H27BO3. The van der Waals surface area contributed by atoms with Gasteiger partial charge >= 0.3 is 7.12 Å². The molecule has 4 heteroatoms. The Morgan fingerprint density at radius 1 is 0.875 bits per heavy atom. The van der Waals surface area contributed by atoms with Gasteiger partial charge in [-0.2, -0.15) is 0 Å². The third-order valence-corrected chi connectivity index (χ3v) is 5.13. The smallest absolute Gasteiger partial charge is 0.457 e. The van der Waals surface area contributed by atoms with Gasteiger partial charge in [-0.1, -0.05) is 36.8 Å². The van der Waals surface area contributed by atoms with E-state index in [1.807, 2.05) is 6.07 Å². The maximum absolute atomic E-state index is 6.01. The lowest BCUT2D eigenvalue weighted by Crippen LogP contribution is -2.41. The zero-order chi connectivity index (χ0) is 17.2. The minimum atomic E-state index is -0.237. The number of unbranched alkanes of at least 4 members (excludes halogenated alkanes) is 1. The Hall–Kier alpha value is -1.52. The molecule has 0 bridgehead atoms. The minimum Gasteiger partial charge on any atom is -0.494 e. The number of benzene rings is 2. The molecule has 0 aromatic heterocycles. The van der Waals surface area contributed by atoms with Crippen molar-refractivity contribution >= 4 is 17.9 Å². The van der Waals surface area contributed by atoms with E-state index in [0.29, 0.717) is 0 Å². The van der Waals surface area contributed by atoms with Gasteiger partial charge < -0.3 is 14.0 Å². The summed E-state index contributed by atoms with van der Waals surface area (Å²) < 4.78 is 17.9. The average molecular weight is 326 g/mol. The van der Waals surface area contributed by atoms with E-state index >= 15 is 0 Å². The van der Waals surface area contributed by atoms with E-state index in [0.717, 1.165) is 31.5 Å². The Balaban J connectivity index is 1.41. The van der Waals surface area contributed by atoms with Crippen molar-refractivity contribution < 1.29 is 14.0 Å². The molecule has 1 heterocycles. The second-order valence-corrected chi connectivity index (χ2v) is 7.54. The van der Waals surface area contributed by atoms with Gasteiger partial charge in [0.25, 0.3) is 0 Å². The van der Waals surface area contributed by atoms with Crippen LogP contribution < -0.4 is 4.74 Å². The van der Waals surface area contributed by atoms with Crippen LogP contribution in [0.25, 0.3) is 10.8 Å². The summed E-state index contributed by atoms with van der Waals surface area (Å²) in [6.07, 6.45) is 2.94. The quantitative estimate of drug-likeness (QED) is 0.546. The highest BCUT2D eigenvalue weighted by atomic mass is 16.7. The molecule has 0 N–H and O–H groups in total. The summed E-state index contributed by atoms with van der Waals surface area (Å²) in [4.78, 5) is 0. The van der Waals surface area contributed by atoms with Crippen molar-refractivity contribution in [3.8, 4) is 5.75 Å². The first kappa shape index (κ1) is 17.3. The van der Waals surface area contributed by atoms with Crippen LogP contribution in [-0.4, -0.2) is 24.9 Å². The van der Waals surface area contributed by atoms with E-state index in [1.54, 1.807) is 0 Å².